The first-order chi connectivity index (χ1) is 20.3. The Morgan fingerprint density at radius 1 is 0.595 bits per heavy atom. The fourth-order valence-electron chi connectivity index (χ4n) is 3.52. The molecule has 0 aliphatic heterocycles. The number of benzene rings is 4. The van der Waals surface area contributed by atoms with Crippen LogP contribution in [0.1, 0.15) is 30.9 Å². The van der Waals surface area contributed by atoms with Gasteiger partial charge in [-0.3, -0.25) is 14.4 Å². The Bertz CT molecular complexity index is 1350. The Hall–Kier alpha value is -4.18. The van der Waals surface area contributed by atoms with Gasteiger partial charge in [-0.15, -0.1) is 0 Å². The summed E-state index contributed by atoms with van der Waals surface area (Å²) in [5.41, 5.74) is 5.24. The van der Waals surface area contributed by atoms with E-state index in [1.54, 1.807) is 0 Å². The number of carbonyl (C=O) groups is 3. The summed E-state index contributed by atoms with van der Waals surface area (Å²) < 4.78 is 10.4. The monoisotopic (exact) mass is 680 g/mol. The average molecular weight is 681 g/mol. The van der Waals surface area contributed by atoms with E-state index in [1.807, 2.05) is 109 Å². The van der Waals surface area contributed by atoms with Crippen molar-refractivity contribution < 1.29 is 23.9 Å². The standard InChI is InChI=1S/C16H17NO2.C10H11IO2.C8H9NO/c1-19-16(18)12-9-13-7-10-15(11-8-13)17-14-5-3-2-4-6-14;1-13-10(12)7-4-8-2-5-9(11)6-3-8;1-7(10)9-8-5-3-2-4-6-8/h2-8,10-11,17H,9,12H2,1H3;2-3,5-6H,4,7H2,1H3;2-6H,1H3,(H,9,10). The molecule has 0 saturated carbocycles. The lowest BCUT2D eigenvalue weighted by Crippen LogP contribution is -2.04. The highest BCUT2D eigenvalue weighted by atomic mass is 127. The first kappa shape index (κ1) is 34.0. The Morgan fingerprint density at radius 3 is 1.43 bits per heavy atom. The number of methoxy groups -OCH3 is 2. The lowest BCUT2D eigenvalue weighted by molar-refractivity contribution is -0.141. The maximum absolute atomic E-state index is 11.1. The summed E-state index contributed by atoms with van der Waals surface area (Å²) in [6.07, 6.45) is 2.33. The summed E-state index contributed by atoms with van der Waals surface area (Å²) in [7, 11) is 2.82. The second-order valence-corrected chi connectivity index (χ2v) is 10.3. The van der Waals surface area contributed by atoms with Gasteiger partial charge in [0.2, 0.25) is 5.91 Å². The number of para-hydroxylation sites is 2. The zero-order chi connectivity index (χ0) is 30.6. The SMILES string of the molecule is CC(=O)Nc1ccccc1.COC(=O)CCc1ccc(I)cc1.COC(=O)CCc1ccc(Nc2ccccc2)cc1. The number of hydrogen-bond donors (Lipinski definition) is 2. The molecule has 8 heteroatoms. The number of hydrogen-bond acceptors (Lipinski definition) is 6. The van der Waals surface area contributed by atoms with Gasteiger partial charge in [0.25, 0.3) is 0 Å². The largest absolute Gasteiger partial charge is 0.469 e. The van der Waals surface area contributed by atoms with Crippen molar-refractivity contribution in [1.29, 1.82) is 0 Å². The number of amides is 1. The van der Waals surface area contributed by atoms with Crippen molar-refractivity contribution in [3.63, 3.8) is 0 Å². The number of aryl methyl sites for hydroxylation is 2. The summed E-state index contributed by atoms with van der Waals surface area (Å²) in [6, 6.07) is 35.6. The highest BCUT2D eigenvalue weighted by Crippen LogP contribution is 2.17. The van der Waals surface area contributed by atoms with Crippen LogP contribution in [0.4, 0.5) is 17.1 Å². The van der Waals surface area contributed by atoms with Crippen molar-refractivity contribution in [3.05, 3.63) is 124 Å². The quantitative estimate of drug-likeness (QED) is 0.140. The van der Waals surface area contributed by atoms with Gasteiger partial charge in [0.05, 0.1) is 14.2 Å². The van der Waals surface area contributed by atoms with Crippen LogP contribution >= 0.6 is 22.6 Å². The lowest BCUT2D eigenvalue weighted by Gasteiger charge is -2.07. The van der Waals surface area contributed by atoms with Crippen LogP contribution in [0.5, 0.6) is 0 Å². The van der Waals surface area contributed by atoms with Crippen LogP contribution in [0.15, 0.2) is 109 Å². The molecule has 1 amide bonds. The molecule has 220 valence electrons. The lowest BCUT2D eigenvalue weighted by atomic mass is 10.1. The first-order valence-electron chi connectivity index (χ1n) is 13.4. The Balaban J connectivity index is 0.000000234. The Kier molecular flexibility index (Phi) is 16.1. The smallest absolute Gasteiger partial charge is 0.305 e. The van der Waals surface area contributed by atoms with Crippen LogP contribution in [0.3, 0.4) is 0 Å². The predicted molar refractivity (Wildman–Crippen MR) is 177 cm³/mol. The Morgan fingerprint density at radius 2 is 1.00 bits per heavy atom. The molecule has 0 aromatic heterocycles. The minimum absolute atomic E-state index is 0.0359. The molecule has 4 aromatic carbocycles. The zero-order valence-corrected chi connectivity index (χ0v) is 26.3. The molecule has 0 radical (unpaired) electrons. The van der Waals surface area contributed by atoms with Gasteiger partial charge in [-0.1, -0.05) is 60.7 Å². The topological polar surface area (TPSA) is 93.7 Å². The molecule has 4 aromatic rings. The first-order valence-corrected chi connectivity index (χ1v) is 14.5. The zero-order valence-electron chi connectivity index (χ0n) is 24.1. The molecular weight excluding hydrogens is 643 g/mol. The van der Waals surface area contributed by atoms with E-state index in [0.717, 1.165) is 29.0 Å². The minimum atomic E-state index is -0.175. The molecule has 0 heterocycles. The molecular formula is C34H37IN2O5. The second-order valence-electron chi connectivity index (χ2n) is 9.01. The van der Waals surface area contributed by atoms with Crippen LogP contribution in [-0.2, 0) is 36.7 Å². The van der Waals surface area contributed by atoms with Crippen molar-refractivity contribution in [2.24, 2.45) is 0 Å². The van der Waals surface area contributed by atoms with Crippen LogP contribution in [0.25, 0.3) is 0 Å². The van der Waals surface area contributed by atoms with Crippen LogP contribution in [-0.4, -0.2) is 32.1 Å². The third-order valence-corrected chi connectivity index (χ3v) is 6.43. The number of carbonyl (C=O) groups excluding carboxylic acids is 3. The highest BCUT2D eigenvalue weighted by Gasteiger charge is 2.02. The van der Waals surface area contributed by atoms with Crippen molar-refractivity contribution in [2.75, 3.05) is 24.9 Å². The summed E-state index contributed by atoms with van der Waals surface area (Å²) in [5, 5.41) is 5.98. The maximum atomic E-state index is 11.1. The molecule has 0 unspecified atom stereocenters. The minimum Gasteiger partial charge on any atom is -0.469 e. The van der Waals surface area contributed by atoms with E-state index < -0.39 is 0 Å². The van der Waals surface area contributed by atoms with E-state index in [1.165, 1.54) is 30.3 Å². The summed E-state index contributed by atoms with van der Waals surface area (Å²) in [5.74, 6) is -0.365. The van der Waals surface area contributed by atoms with Crippen LogP contribution in [0, 0.1) is 3.57 Å². The molecule has 0 fully saturated rings. The van der Waals surface area contributed by atoms with E-state index in [2.05, 4.69) is 42.7 Å². The fraction of sp³-hybridized carbons (Fsp3) is 0.206. The number of halogens is 1. The molecule has 0 aliphatic rings. The number of esters is 2. The van der Waals surface area contributed by atoms with Gasteiger partial charge in [-0.2, -0.15) is 0 Å². The third kappa shape index (κ3) is 15.0. The van der Waals surface area contributed by atoms with Gasteiger partial charge >= 0.3 is 11.9 Å². The molecule has 0 bridgehead atoms. The van der Waals surface area contributed by atoms with Crippen molar-refractivity contribution >= 4 is 57.5 Å². The second kappa shape index (κ2) is 19.8. The van der Waals surface area contributed by atoms with Gasteiger partial charge in [-0.25, -0.2) is 0 Å². The van der Waals surface area contributed by atoms with E-state index in [4.69, 9.17) is 0 Å². The van der Waals surface area contributed by atoms with E-state index >= 15 is 0 Å². The number of ether oxygens (including phenoxy) is 2. The van der Waals surface area contributed by atoms with E-state index in [-0.39, 0.29) is 17.8 Å². The van der Waals surface area contributed by atoms with Crippen molar-refractivity contribution in [2.45, 2.75) is 32.6 Å². The molecule has 0 saturated heterocycles. The number of rotatable bonds is 9. The molecule has 2 N–H and O–H groups in total. The Labute approximate surface area is 261 Å². The normalized spacial score (nSPS) is 9.62. The molecule has 0 spiro atoms. The van der Waals surface area contributed by atoms with Gasteiger partial charge in [0.1, 0.15) is 0 Å². The van der Waals surface area contributed by atoms with Gasteiger partial charge < -0.3 is 20.1 Å². The average Bonchev–Trinajstić information content (AvgIpc) is 3.01. The van der Waals surface area contributed by atoms with Crippen LogP contribution in [0.2, 0.25) is 0 Å². The number of anilines is 3. The molecule has 7 nitrogen and oxygen atoms in total. The van der Waals surface area contributed by atoms with Gasteiger partial charge in [0.15, 0.2) is 0 Å². The maximum Gasteiger partial charge on any atom is 0.305 e. The molecule has 4 rings (SSSR count). The number of nitrogens with one attached hydrogen (secondary N) is 2. The highest BCUT2D eigenvalue weighted by molar-refractivity contribution is 14.1. The van der Waals surface area contributed by atoms with E-state index in [9.17, 15) is 14.4 Å². The predicted octanol–water partition coefficient (Wildman–Crippen LogP) is 7.58. The molecule has 0 atom stereocenters. The van der Waals surface area contributed by atoms with Crippen molar-refractivity contribution in [1.82, 2.24) is 0 Å². The van der Waals surface area contributed by atoms with Gasteiger partial charge in [0, 0.05) is 40.4 Å². The van der Waals surface area contributed by atoms with Crippen LogP contribution < -0.4 is 10.6 Å². The third-order valence-electron chi connectivity index (χ3n) is 5.71. The summed E-state index contributed by atoms with van der Waals surface area (Å²) in [6.45, 7) is 1.49. The fourth-order valence-corrected chi connectivity index (χ4v) is 3.88. The summed E-state index contributed by atoms with van der Waals surface area (Å²) >= 11 is 2.25. The van der Waals surface area contributed by atoms with Crippen molar-refractivity contribution in [3.8, 4) is 0 Å². The molecule has 0 aliphatic carbocycles. The molecule has 42 heavy (non-hydrogen) atoms. The van der Waals surface area contributed by atoms with E-state index in [0.29, 0.717) is 19.3 Å². The van der Waals surface area contributed by atoms with Gasteiger partial charge in [-0.05, 0) is 95.1 Å². The summed E-state index contributed by atoms with van der Waals surface area (Å²) in [4.78, 5) is 32.4.